The fourth-order valence-corrected chi connectivity index (χ4v) is 2.56. The van der Waals surface area contributed by atoms with Gasteiger partial charge in [0.05, 0.1) is 0 Å². The summed E-state index contributed by atoms with van der Waals surface area (Å²) in [7, 11) is 1.89. The molecule has 19 heavy (non-hydrogen) atoms. The Morgan fingerprint density at radius 3 is 2.89 bits per heavy atom. The van der Waals surface area contributed by atoms with E-state index in [2.05, 4.69) is 17.2 Å². The normalized spacial score (nSPS) is 15.5. The molecule has 0 spiro atoms. The summed E-state index contributed by atoms with van der Waals surface area (Å²) in [6.45, 7) is 3.03. The molecule has 0 unspecified atom stereocenters. The predicted molar refractivity (Wildman–Crippen MR) is 77.4 cm³/mol. The van der Waals surface area contributed by atoms with Crippen LogP contribution in [0.2, 0.25) is 0 Å². The third-order valence-corrected chi connectivity index (χ3v) is 3.75. The van der Waals surface area contributed by atoms with Crippen LogP contribution in [0.15, 0.2) is 18.3 Å². The summed E-state index contributed by atoms with van der Waals surface area (Å²) in [4.78, 5) is 18.5. The van der Waals surface area contributed by atoms with Gasteiger partial charge in [-0.15, -0.1) is 0 Å². The Morgan fingerprint density at radius 2 is 2.21 bits per heavy atom. The van der Waals surface area contributed by atoms with E-state index in [1.165, 1.54) is 12.8 Å². The van der Waals surface area contributed by atoms with Crippen LogP contribution >= 0.6 is 0 Å². The number of amides is 1. The highest BCUT2D eigenvalue weighted by atomic mass is 16.2. The second-order valence-corrected chi connectivity index (χ2v) is 5.21. The number of pyridine rings is 1. The Balaban J connectivity index is 2.05. The summed E-state index contributed by atoms with van der Waals surface area (Å²) in [5.41, 5.74) is 1.51. The van der Waals surface area contributed by atoms with Crippen LogP contribution in [0, 0.1) is 0 Å². The Morgan fingerprint density at radius 1 is 1.47 bits per heavy atom. The van der Waals surface area contributed by atoms with E-state index in [0.717, 1.165) is 31.5 Å². The van der Waals surface area contributed by atoms with Crippen LogP contribution in [0.4, 0.5) is 5.69 Å². The van der Waals surface area contributed by atoms with Gasteiger partial charge < -0.3 is 10.2 Å². The second-order valence-electron chi connectivity index (χ2n) is 5.21. The maximum absolute atomic E-state index is 12.4. The lowest BCUT2D eigenvalue weighted by molar-refractivity contribution is 0.0729. The first-order valence-corrected chi connectivity index (χ1v) is 7.19. The number of carbonyl (C=O) groups is 1. The van der Waals surface area contributed by atoms with Crippen molar-refractivity contribution in [1.29, 1.82) is 0 Å². The highest BCUT2D eigenvalue weighted by molar-refractivity contribution is 5.93. The van der Waals surface area contributed by atoms with Gasteiger partial charge in [-0.2, -0.15) is 0 Å². The van der Waals surface area contributed by atoms with Gasteiger partial charge in [-0.25, -0.2) is 0 Å². The van der Waals surface area contributed by atoms with Crippen LogP contribution in [0.25, 0.3) is 0 Å². The van der Waals surface area contributed by atoms with Gasteiger partial charge in [0.25, 0.3) is 5.91 Å². The number of carbonyl (C=O) groups excluding carboxylic acids is 1. The average Bonchev–Trinajstić information content (AvgIpc) is 2.98. The Kier molecular flexibility index (Phi) is 4.77. The van der Waals surface area contributed by atoms with Crippen molar-refractivity contribution >= 4 is 11.6 Å². The fourth-order valence-electron chi connectivity index (χ4n) is 2.56. The minimum atomic E-state index is 0.0343. The zero-order chi connectivity index (χ0) is 13.7. The average molecular weight is 261 g/mol. The van der Waals surface area contributed by atoms with Crippen molar-refractivity contribution in [2.24, 2.45) is 0 Å². The Labute approximate surface area is 115 Å². The topological polar surface area (TPSA) is 45.2 Å². The van der Waals surface area contributed by atoms with Crippen LogP contribution in [-0.4, -0.2) is 35.4 Å². The SMILES string of the molecule is CCCNc1ccnc(C(=O)N(C)C2CCCC2)c1. The van der Waals surface area contributed by atoms with Crippen LogP contribution in [0.1, 0.15) is 49.5 Å². The molecule has 1 aromatic rings. The zero-order valence-corrected chi connectivity index (χ0v) is 11.9. The van der Waals surface area contributed by atoms with E-state index >= 15 is 0 Å². The second kappa shape index (κ2) is 6.55. The number of hydrogen-bond acceptors (Lipinski definition) is 3. The predicted octanol–water partition coefficient (Wildman–Crippen LogP) is 2.92. The number of aromatic nitrogens is 1. The lowest BCUT2D eigenvalue weighted by atomic mass is 10.2. The summed E-state index contributed by atoms with van der Waals surface area (Å²) in [5, 5.41) is 3.29. The summed E-state index contributed by atoms with van der Waals surface area (Å²) >= 11 is 0. The zero-order valence-electron chi connectivity index (χ0n) is 11.9. The lowest BCUT2D eigenvalue weighted by Crippen LogP contribution is -2.35. The number of hydrogen-bond donors (Lipinski definition) is 1. The van der Waals surface area contributed by atoms with Crippen LogP contribution in [-0.2, 0) is 0 Å². The van der Waals surface area contributed by atoms with Gasteiger partial charge in [-0.1, -0.05) is 19.8 Å². The first-order valence-electron chi connectivity index (χ1n) is 7.19. The summed E-state index contributed by atoms with van der Waals surface area (Å²) in [5.74, 6) is 0.0343. The van der Waals surface area contributed by atoms with E-state index in [-0.39, 0.29) is 5.91 Å². The quantitative estimate of drug-likeness (QED) is 0.886. The number of nitrogens with one attached hydrogen (secondary N) is 1. The van der Waals surface area contributed by atoms with Gasteiger partial charge in [0, 0.05) is 31.5 Å². The molecule has 0 aliphatic heterocycles. The molecule has 104 valence electrons. The lowest BCUT2D eigenvalue weighted by Gasteiger charge is -2.24. The monoisotopic (exact) mass is 261 g/mol. The highest BCUT2D eigenvalue weighted by Gasteiger charge is 2.24. The smallest absolute Gasteiger partial charge is 0.272 e. The Hall–Kier alpha value is -1.58. The maximum atomic E-state index is 12.4. The van der Waals surface area contributed by atoms with Crippen LogP contribution < -0.4 is 5.32 Å². The molecule has 0 bridgehead atoms. The molecule has 1 aliphatic carbocycles. The van der Waals surface area contributed by atoms with E-state index in [1.807, 2.05) is 24.1 Å². The number of nitrogens with zero attached hydrogens (tertiary/aromatic N) is 2. The molecule has 4 nitrogen and oxygen atoms in total. The Bertz CT molecular complexity index is 427. The molecule has 0 aromatic carbocycles. The first kappa shape index (κ1) is 13.8. The van der Waals surface area contributed by atoms with Crippen molar-refractivity contribution in [3.63, 3.8) is 0 Å². The van der Waals surface area contributed by atoms with E-state index in [4.69, 9.17) is 0 Å². The van der Waals surface area contributed by atoms with Crippen molar-refractivity contribution in [3.8, 4) is 0 Å². The molecule has 0 saturated heterocycles. The molecule has 0 atom stereocenters. The molecule has 2 rings (SSSR count). The minimum absolute atomic E-state index is 0.0343. The minimum Gasteiger partial charge on any atom is -0.385 e. The molecule has 1 saturated carbocycles. The summed E-state index contributed by atoms with van der Waals surface area (Å²) < 4.78 is 0. The third kappa shape index (κ3) is 3.46. The molecule has 1 aromatic heterocycles. The third-order valence-electron chi connectivity index (χ3n) is 3.75. The molecule has 0 radical (unpaired) electrons. The molecule has 1 heterocycles. The van der Waals surface area contributed by atoms with Crippen LogP contribution in [0.3, 0.4) is 0 Å². The summed E-state index contributed by atoms with van der Waals surface area (Å²) in [6, 6.07) is 4.15. The van der Waals surface area contributed by atoms with Crippen molar-refractivity contribution in [1.82, 2.24) is 9.88 Å². The van der Waals surface area contributed by atoms with Crippen molar-refractivity contribution in [2.45, 2.75) is 45.1 Å². The van der Waals surface area contributed by atoms with E-state index in [0.29, 0.717) is 11.7 Å². The number of anilines is 1. The highest BCUT2D eigenvalue weighted by Crippen LogP contribution is 2.23. The maximum Gasteiger partial charge on any atom is 0.272 e. The molecule has 1 aliphatic rings. The van der Waals surface area contributed by atoms with Gasteiger partial charge in [-0.05, 0) is 31.4 Å². The summed E-state index contributed by atoms with van der Waals surface area (Å²) in [6.07, 6.45) is 7.47. The largest absolute Gasteiger partial charge is 0.385 e. The molecule has 4 heteroatoms. The fraction of sp³-hybridized carbons (Fsp3) is 0.600. The molecule has 1 amide bonds. The van der Waals surface area contributed by atoms with Crippen molar-refractivity contribution in [3.05, 3.63) is 24.0 Å². The number of rotatable bonds is 5. The van der Waals surface area contributed by atoms with Gasteiger partial charge in [0.15, 0.2) is 0 Å². The van der Waals surface area contributed by atoms with Crippen molar-refractivity contribution in [2.75, 3.05) is 18.9 Å². The first-order chi connectivity index (χ1) is 9.22. The van der Waals surface area contributed by atoms with Gasteiger partial charge in [0.2, 0.25) is 0 Å². The van der Waals surface area contributed by atoms with Gasteiger partial charge in [0.1, 0.15) is 5.69 Å². The molecular weight excluding hydrogens is 238 g/mol. The van der Waals surface area contributed by atoms with Gasteiger partial charge in [-0.3, -0.25) is 9.78 Å². The standard InChI is InChI=1S/C15H23N3O/c1-3-9-16-12-8-10-17-14(11-12)15(19)18(2)13-6-4-5-7-13/h8,10-11,13H,3-7,9H2,1-2H3,(H,16,17). The van der Waals surface area contributed by atoms with E-state index < -0.39 is 0 Å². The van der Waals surface area contributed by atoms with Crippen LogP contribution in [0.5, 0.6) is 0 Å². The van der Waals surface area contributed by atoms with E-state index in [9.17, 15) is 4.79 Å². The molecule has 1 N–H and O–H groups in total. The van der Waals surface area contributed by atoms with Crippen molar-refractivity contribution < 1.29 is 4.79 Å². The molecular formula is C15H23N3O. The molecule has 1 fully saturated rings. The van der Waals surface area contributed by atoms with E-state index in [1.54, 1.807) is 6.20 Å². The van der Waals surface area contributed by atoms with Gasteiger partial charge >= 0.3 is 0 Å².